The van der Waals surface area contributed by atoms with Gasteiger partial charge in [-0.3, -0.25) is 4.79 Å². The van der Waals surface area contributed by atoms with Crippen molar-refractivity contribution in [2.24, 2.45) is 0 Å². The molecule has 1 unspecified atom stereocenters. The van der Waals surface area contributed by atoms with Crippen LogP contribution in [-0.4, -0.2) is 15.7 Å². The molecule has 0 aliphatic rings. The van der Waals surface area contributed by atoms with Crippen LogP contribution in [0.25, 0.3) is 5.69 Å². The molecule has 112 valence electrons. The van der Waals surface area contributed by atoms with Gasteiger partial charge in [0.1, 0.15) is 5.82 Å². The summed E-state index contributed by atoms with van der Waals surface area (Å²) >= 11 is 9.00. The molecule has 1 heterocycles. The number of rotatable bonds is 3. The number of halogens is 4. The van der Waals surface area contributed by atoms with E-state index in [9.17, 15) is 13.6 Å². The number of carbonyl (C=O) groups excluding carboxylic acids is 1. The van der Waals surface area contributed by atoms with E-state index in [0.29, 0.717) is 17.0 Å². The van der Waals surface area contributed by atoms with Crippen LogP contribution in [-0.2, 0) is 0 Å². The molecule has 0 N–H and O–H groups in total. The third-order valence-corrected chi connectivity index (χ3v) is 4.07. The number of Topliss-reactive ketones (excluding diaryl/α,β-unsaturated/α-hetero) is 1. The fourth-order valence-corrected chi connectivity index (χ4v) is 3.02. The average Bonchev–Trinajstić information content (AvgIpc) is 2.64. The SMILES string of the molecule is Cc1cc(C(=O)C(C)Cl)c(C)n1-c1c(F)cc(F)cc1Br. The molecule has 1 aromatic heterocycles. The van der Waals surface area contributed by atoms with Gasteiger partial charge >= 0.3 is 0 Å². The van der Waals surface area contributed by atoms with Crippen molar-refractivity contribution in [3.8, 4) is 5.69 Å². The second-order valence-electron chi connectivity index (χ2n) is 4.82. The summed E-state index contributed by atoms with van der Waals surface area (Å²) in [5.74, 6) is -1.60. The van der Waals surface area contributed by atoms with Crippen molar-refractivity contribution < 1.29 is 13.6 Å². The number of nitrogens with zero attached hydrogens (tertiary/aromatic N) is 1. The largest absolute Gasteiger partial charge is 0.314 e. The van der Waals surface area contributed by atoms with E-state index in [1.807, 2.05) is 0 Å². The summed E-state index contributed by atoms with van der Waals surface area (Å²) in [6, 6.07) is 3.65. The van der Waals surface area contributed by atoms with Gasteiger partial charge in [-0.2, -0.15) is 0 Å². The number of benzene rings is 1. The van der Waals surface area contributed by atoms with Gasteiger partial charge in [0.05, 0.1) is 11.1 Å². The Morgan fingerprint density at radius 1 is 1.29 bits per heavy atom. The van der Waals surface area contributed by atoms with Crippen LogP contribution in [0, 0.1) is 25.5 Å². The minimum atomic E-state index is -0.707. The lowest BCUT2D eigenvalue weighted by atomic mass is 10.1. The van der Waals surface area contributed by atoms with Crippen molar-refractivity contribution in [2.75, 3.05) is 0 Å². The van der Waals surface area contributed by atoms with Crippen LogP contribution >= 0.6 is 27.5 Å². The number of carbonyl (C=O) groups is 1. The highest BCUT2D eigenvalue weighted by molar-refractivity contribution is 9.10. The van der Waals surface area contributed by atoms with E-state index in [1.54, 1.807) is 31.4 Å². The first-order valence-electron chi connectivity index (χ1n) is 6.26. The Kier molecular flexibility index (Phi) is 4.54. The molecular formula is C15H13BrClF2NO. The predicted molar refractivity (Wildman–Crippen MR) is 82.5 cm³/mol. The van der Waals surface area contributed by atoms with Gasteiger partial charge in [0.25, 0.3) is 0 Å². The topological polar surface area (TPSA) is 22.0 Å². The summed E-state index contributed by atoms with van der Waals surface area (Å²) in [4.78, 5) is 12.1. The highest BCUT2D eigenvalue weighted by Gasteiger charge is 2.22. The Hall–Kier alpha value is -1.20. The van der Waals surface area contributed by atoms with Gasteiger partial charge in [0, 0.05) is 27.5 Å². The van der Waals surface area contributed by atoms with Crippen molar-refractivity contribution in [3.05, 3.63) is 51.3 Å². The van der Waals surface area contributed by atoms with E-state index in [1.165, 1.54) is 6.07 Å². The fourth-order valence-electron chi connectivity index (χ4n) is 2.32. The summed E-state index contributed by atoms with van der Waals surface area (Å²) in [5, 5.41) is -0.666. The van der Waals surface area contributed by atoms with Crippen molar-refractivity contribution >= 4 is 33.3 Å². The lowest BCUT2D eigenvalue weighted by molar-refractivity contribution is 0.0991. The van der Waals surface area contributed by atoms with E-state index >= 15 is 0 Å². The molecule has 2 nitrogen and oxygen atoms in total. The molecule has 1 aromatic carbocycles. The third-order valence-electron chi connectivity index (χ3n) is 3.26. The minimum Gasteiger partial charge on any atom is -0.314 e. The average molecular weight is 377 g/mol. The maximum absolute atomic E-state index is 14.1. The van der Waals surface area contributed by atoms with Crippen LogP contribution in [0.4, 0.5) is 8.78 Å². The third kappa shape index (κ3) is 2.90. The molecule has 0 bridgehead atoms. The number of aromatic nitrogens is 1. The molecule has 6 heteroatoms. The number of alkyl halides is 1. The highest BCUT2D eigenvalue weighted by atomic mass is 79.9. The highest BCUT2D eigenvalue weighted by Crippen LogP contribution is 2.30. The molecule has 2 aromatic rings. The van der Waals surface area contributed by atoms with Crippen LogP contribution in [0.15, 0.2) is 22.7 Å². The molecule has 21 heavy (non-hydrogen) atoms. The zero-order valence-electron chi connectivity index (χ0n) is 11.7. The maximum Gasteiger partial charge on any atom is 0.182 e. The zero-order chi connectivity index (χ0) is 15.9. The summed E-state index contributed by atoms with van der Waals surface area (Å²) in [6.07, 6.45) is 0. The minimum absolute atomic E-state index is 0.174. The summed E-state index contributed by atoms with van der Waals surface area (Å²) in [5.41, 5.74) is 1.84. The van der Waals surface area contributed by atoms with Gasteiger partial charge in [-0.25, -0.2) is 8.78 Å². The predicted octanol–water partition coefficient (Wildman–Crippen LogP) is 4.94. The molecule has 0 saturated heterocycles. The van der Waals surface area contributed by atoms with E-state index in [2.05, 4.69) is 15.9 Å². The summed E-state index contributed by atoms with van der Waals surface area (Å²) in [6.45, 7) is 5.04. The van der Waals surface area contributed by atoms with Crippen molar-refractivity contribution in [2.45, 2.75) is 26.1 Å². The van der Waals surface area contributed by atoms with Crippen molar-refractivity contribution in [3.63, 3.8) is 0 Å². The second kappa shape index (κ2) is 5.89. The van der Waals surface area contributed by atoms with Gasteiger partial charge in [0.2, 0.25) is 0 Å². The molecular weight excluding hydrogens is 364 g/mol. The van der Waals surface area contributed by atoms with E-state index in [4.69, 9.17) is 11.6 Å². The van der Waals surface area contributed by atoms with Gasteiger partial charge in [0.15, 0.2) is 11.6 Å². The summed E-state index contributed by atoms with van der Waals surface area (Å²) in [7, 11) is 0. The molecule has 0 saturated carbocycles. The van der Waals surface area contributed by atoms with Crippen molar-refractivity contribution in [1.29, 1.82) is 0 Å². The number of hydrogen-bond acceptors (Lipinski definition) is 1. The Morgan fingerprint density at radius 3 is 2.43 bits per heavy atom. The van der Waals surface area contributed by atoms with E-state index < -0.39 is 17.0 Å². The molecule has 0 fully saturated rings. The molecule has 0 spiro atoms. The van der Waals surface area contributed by atoms with Crippen LogP contribution < -0.4 is 0 Å². The standard InChI is InChI=1S/C15H13BrClF2NO/c1-7-4-11(15(21)8(2)17)9(3)20(7)14-12(16)5-10(18)6-13(14)19/h4-6,8H,1-3H3. The first-order valence-corrected chi connectivity index (χ1v) is 7.49. The smallest absolute Gasteiger partial charge is 0.182 e. The Balaban J connectivity index is 2.70. The van der Waals surface area contributed by atoms with Gasteiger partial charge in [-0.1, -0.05) is 0 Å². The Morgan fingerprint density at radius 2 is 1.90 bits per heavy atom. The lowest BCUT2D eigenvalue weighted by Gasteiger charge is -2.13. The first kappa shape index (κ1) is 16.2. The lowest BCUT2D eigenvalue weighted by Crippen LogP contribution is -2.12. The quantitative estimate of drug-likeness (QED) is 0.549. The van der Waals surface area contributed by atoms with Gasteiger partial charge in [-0.15, -0.1) is 11.6 Å². The van der Waals surface area contributed by atoms with E-state index in [-0.39, 0.29) is 15.9 Å². The monoisotopic (exact) mass is 375 g/mol. The van der Waals surface area contributed by atoms with E-state index in [0.717, 1.165) is 6.07 Å². The van der Waals surface area contributed by atoms with Gasteiger partial charge in [-0.05, 0) is 48.8 Å². The molecule has 1 atom stereocenters. The number of ketones is 1. The zero-order valence-corrected chi connectivity index (χ0v) is 14.0. The number of hydrogen-bond donors (Lipinski definition) is 0. The summed E-state index contributed by atoms with van der Waals surface area (Å²) < 4.78 is 29.2. The Labute approximate surface area is 134 Å². The van der Waals surface area contributed by atoms with Crippen LogP contribution in [0.1, 0.15) is 28.7 Å². The molecule has 0 amide bonds. The van der Waals surface area contributed by atoms with Gasteiger partial charge < -0.3 is 4.57 Å². The van der Waals surface area contributed by atoms with Crippen LogP contribution in [0.3, 0.4) is 0 Å². The fraction of sp³-hybridized carbons (Fsp3) is 0.267. The molecule has 2 rings (SSSR count). The molecule has 0 radical (unpaired) electrons. The molecule has 0 aliphatic carbocycles. The number of aryl methyl sites for hydroxylation is 1. The van der Waals surface area contributed by atoms with Crippen LogP contribution in [0.2, 0.25) is 0 Å². The second-order valence-corrected chi connectivity index (χ2v) is 6.33. The van der Waals surface area contributed by atoms with Crippen LogP contribution in [0.5, 0.6) is 0 Å². The maximum atomic E-state index is 14.1. The molecule has 0 aliphatic heterocycles. The van der Waals surface area contributed by atoms with Crippen molar-refractivity contribution in [1.82, 2.24) is 4.57 Å². The first-order chi connectivity index (χ1) is 9.73. The Bertz CT molecular complexity index is 702. The normalized spacial score (nSPS) is 12.5.